The van der Waals surface area contributed by atoms with Crippen LogP contribution in [0.25, 0.3) is 11.0 Å². The Morgan fingerprint density at radius 2 is 2.00 bits per heavy atom. The van der Waals surface area contributed by atoms with Gasteiger partial charge in [-0.1, -0.05) is 6.07 Å². The van der Waals surface area contributed by atoms with E-state index in [4.69, 9.17) is 9.15 Å². The molecular formula is C26H32N2O4S. The van der Waals surface area contributed by atoms with Crippen LogP contribution >= 0.6 is 11.3 Å². The van der Waals surface area contributed by atoms with Crippen LogP contribution in [0.5, 0.6) is 0 Å². The number of carbonyl (C=O) groups is 2. The molecule has 7 heteroatoms. The third-order valence-corrected chi connectivity index (χ3v) is 7.26. The Morgan fingerprint density at radius 1 is 1.18 bits per heavy atom. The summed E-state index contributed by atoms with van der Waals surface area (Å²) in [6.45, 7) is 7.88. The fourth-order valence-corrected chi connectivity index (χ4v) is 5.91. The predicted octanol–water partition coefficient (Wildman–Crippen LogP) is 5.33. The van der Waals surface area contributed by atoms with E-state index < -0.39 is 0 Å². The zero-order chi connectivity index (χ0) is 23.4. The summed E-state index contributed by atoms with van der Waals surface area (Å²) in [5, 5.41) is 7.71. The van der Waals surface area contributed by atoms with Gasteiger partial charge in [-0.15, -0.1) is 11.3 Å². The molecule has 2 aromatic heterocycles. The molecule has 2 amide bonds. The molecule has 1 aromatic carbocycles. The number of rotatable bonds is 9. The van der Waals surface area contributed by atoms with Crippen LogP contribution in [0.15, 0.2) is 22.8 Å². The smallest absolute Gasteiger partial charge is 0.254 e. The van der Waals surface area contributed by atoms with Crippen LogP contribution in [0.4, 0.5) is 5.00 Å². The molecule has 0 bridgehead atoms. The normalized spacial score (nSPS) is 13.2. The van der Waals surface area contributed by atoms with Crippen molar-refractivity contribution >= 4 is 39.1 Å². The van der Waals surface area contributed by atoms with Crippen LogP contribution in [0, 0.1) is 13.8 Å². The lowest BCUT2D eigenvalue weighted by Crippen LogP contribution is -2.27. The van der Waals surface area contributed by atoms with E-state index in [1.165, 1.54) is 4.88 Å². The number of aryl methyl sites for hydroxylation is 3. The molecule has 0 radical (unpaired) electrons. The third kappa shape index (κ3) is 5.31. The van der Waals surface area contributed by atoms with E-state index in [-0.39, 0.29) is 18.2 Å². The molecule has 0 fully saturated rings. The van der Waals surface area contributed by atoms with Crippen LogP contribution in [0.1, 0.15) is 63.7 Å². The van der Waals surface area contributed by atoms with Gasteiger partial charge < -0.3 is 19.8 Å². The lowest BCUT2D eigenvalue weighted by Gasteiger charge is -2.13. The molecule has 2 N–H and O–H groups in total. The van der Waals surface area contributed by atoms with Gasteiger partial charge in [0, 0.05) is 35.6 Å². The number of amides is 2. The Morgan fingerprint density at radius 3 is 2.82 bits per heavy atom. The van der Waals surface area contributed by atoms with Crippen LogP contribution < -0.4 is 10.6 Å². The highest BCUT2D eigenvalue weighted by Gasteiger charge is 2.26. The van der Waals surface area contributed by atoms with Gasteiger partial charge in [0.25, 0.3) is 5.91 Å². The van der Waals surface area contributed by atoms with Crippen LogP contribution in [-0.2, 0) is 28.8 Å². The van der Waals surface area contributed by atoms with Crippen LogP contribution in [0.3, 0.4) is 0 Å². The van der Waals surface area contributed by atoms with E-state index in [0.717, 1.165) is 65.3 Å². The SMILES string of the molecule is CCOCCCNC(=O)c1c(NC(=O)Cc2coc3cc(C)cc(C)c23)sc2c1CCCC2. The number of thiophene rings is 1. The molecule has 1 aliphatic carbocycles. The number of hydrogen-bond donors (Lipinski definition) is 2. The number of hydrogen-bond acceptors (Lipinski definition) is 5. The molecule has 0 saturated carbocycles. The summed E-state index contributed by atoms with van der Waals surface area (Å²) in [6, 6.07) is 4.09. The van der Waals surface area contributed by atoms with Gasteiger partial charge in [0.1, 0.15) is 10.6 Å². The Hall–Kier alpha value is -2.64. The topological polar surface area (TPSA) is 80.6 Å². The van der Waals surface area contributed by atoms with E-state index in [1.807, 2.05) is 26.8 Å². The highest BCUT2D eigenvalue weighted by molar-refractivity contribution is 7.17. The van der Waals surface area contributed by atoms with Crippen molar-refractivity contribution in [1.29, 1.82) is 0 Å². The number of benzene rings is 1. The number of furan rings is 1. The van der Waals surface area contributed by atoms with Crippen molar-refractivity contribution in [1.82, 2.24) is 5.32 Å². The monoisotopic (exact) mass is 468 g/mol. The average Bonchev–Trinajstić information content (AvgIpc) is 3.34. The van der Waals surface area contributed by atoms with E-state index in [9.17, 15) is 9.59 Å². The standard InChI is InChI=1S/C26H32N2O4S/c1-4-31-11-7-10-27-25(30)24-19-8-5-6-9-21(19)33-26(24)28-22(29)14-18-15-32-20-13-16(2)12-17(3)23(18)20/h12-13,15H,4-11,14H2,1-3H3,(H,27,30)(H,28,29). The molecule has 4 rings (SSSR count). The number of nitrogens with one attached hydrogen (secondary N) is 2. The molecule has 0 saturated heterocycles. The molecule has 0 spiro atoms. The van der Waals surface area contributed by atoms with Gasteiger partial charge in [-0.05, 0) is 75.6 Å². The van der Waals surface area contributed by atoms with Gasteiger partial charge in [0.05, 0.1) is 18.2 Å². The average molecular weight is 469 g/mol. The first-order chi connectivity index (χ1) is 16.0. The first-order valence-corrected chi connectivity index (χ1v) is 12.6. The summed E-state index contributed by atoms with van der Waals surface area (Å²) < 4.78 is 11.1. The van der Waals surface area contributed by atoms with Crippen molar-refractivity contribution in [2.45, 2.75) is 59.3 Å². The Bertz CT molecular complexity index is 1160. The summed E-state index contributed by atoms with van der Waals surface area (Å²) in [7, 11) is 0. The van der Waals surface area contributed by atoms with Crippen molar-refractivity contribution in [3.63, 3.8) is 0 Å². The molecule has 6 nitrogen and oxygen atoms in total. The molecule has 2 heterocycles. The van der Waals surface area contributed by atoms with Gasteiger partial charge in [0.15, 0.2) is 0 Å². The molecule has 0 unspecified atom stereocenters. The largest absolute Gasteiger partial charge is 0.464 e. The minimum absolute atomic E-state index is 0.110. The van der Waals surface area contributed by atoms with E-state index in [0.29, 0.717) is 30.3 Å². The Kier molecular flexibility index (Phi) is 7.50. The minimum Gasteiger partial charge on any atom is -0.464 e. The second kappa shape index (κ2) is 10.5. The quantitative estimate of drug-likeness (QED) is 0.416. The molecule has 1 aliphatic rings. The highest BCUT2D eigenvalue weighted by Crippen LogP contribution is 2.38. The van der Waals surface area contributed by atoms with Gasteiger partial charge in [-0.3, -0.25) is 9.59 Å². The minimum atomic E-state index is -0.137. The van der Waals surface area contributed by atoms with Gasteiger partial charge >= 0.3 is 0 Å². The van der Waals surface area contributed by atoms with Crippen molar-refractivity contribution < 1.29 is 18.7 Å². The second-order valence-electron chi connectivity index (χ2n) is 8.66. The molecular weight excluding hydrogens is 436 g/mol. The van der Waals surface area contributed by atoms with Gasteiger partial charge in [0.2, 0.25) is 5.91 Å². The number of ether oxygens (including phenoxy) is 1. The fraction of sp³-hybridized carbons (Fsp3) is 0.462. The van der Waals surface area contributed by atoms with Crippen molar-refractivity contribution in [2.24, 2.45) is 0 Å². The maximum Gasteiger partial charge on any atom is 0.254 e. The summed E-state index contributed by atoms with van der Waals surface area (Å²) in [6.07, 6.45) is 6.67. The van der Waals surface area contributed by atoms with Crippen molar-refractivity contribution in [2.75, 3.05) is 25.1 Å². The summed E-state index contributed by atoms with van der Waals surface area (Å²) in [4.78, 5) is 27.3. The van der Waals surface area contributed by atoms with Gasteiger partial charge in [-0.25, -0.2) is 0 Å². The second-order valence-corrected chi connectivity index (χ2v) is 9.77. The van der Waals surface area contributed by atoms with E-state index in [1.54, 1.807) is 17.6 Å². The number of anilines is 1. The molecule has 0 atom stereocenters. The maximum absolute atomic E-state index is 13.1. The zero-order valence-corrected chi connectivity index (χ0v) is 20.5. The third-order valence-electron chi connectivity index (χ3n) is 6.05. The molecule has 176 valence electrons. The molecule has 0 aliphatic heterocycles. The Balaban J connectivity index is 1.51. The Labute approximate surface area is 198 Å². The summed E-state index contributed by atoms with van der Waals surface area (Å²) >= 11 is 1.55. The summed E-state index contributed by atoms with van der Waals surface area (Å²) in [5.41, 5.74) is 5.64. The highest BCUT2D eigenvalue weighted by atomic mass is 32.1. The van der Waals surface area contributed by atoms with Crippen LogP contribution in [-0.4, -0.2) is 31.6 Å². The first kappa shape index (κ1) is 23.5. The van der Waals surface area contributed by atoms with Crippen molar-refractivity contribution in [3.8, 4) is 0 Å². The fourth-order valence-electron chi connectivity index (χ4n) is 4.60. The lowest BCUT2D eigenvalue weighted by atomic mass is 9.95. The number of carbonyl (C=O) groups excluding carboxylic acids is 2. The lowest BCUT2D eigenvalue weighted by molar-refractivity contribution is -0.115. The zero-order valence-electron chi connectivity index (χ0n) is 19.6. The van der Waals surface area contributed by atoms with Crippen molar-refractivity contribution in [3.05, 3.63) is 51.1 Å². The van der Waals surface area contributed by atoms with Gasteiger partial charge in [-0.2, -0.15) is 0 Å². The predicted molar refractivity (Wildman–Crippen MR) is 132 cm³/mol. The van der Waals surface area contributed by atoms with E-state index >= 15 is 0 Å². The first-order valence-electron chi connectivity index (χ1n) is 11.8. The molecule has 33 heavy (non-hydrogen) atoms. The summed E-state index contributed by atoms with van der Waals surface area (Å²) in [5.74, 6) is -0.247. The maximum atomic E-state index is 13.1. The number of fused-ring (bicyclic) bond motifs is 2. The van der Waals surface area contributed by atoms with E-state index in [2.05, 4.69) is 16.7 Å². The van der Waals surface area contributed by atoms with Crippen LogP contribution in [0.2, 0.25) is 0 Å². The molecule has 3 aromatic rings.